The van der Waals surface area contributed by atoms with Crippen LogP contribution in [-0.2, 0) is 6.61 Å². The fourth-order valence-corrected chi connectivity index (χ4v) is 1.65. The highest BCUT2D eigenvalue weighted by Gasteiger charge is 2.08. The van der Waals surface area contributed by atoms with Gasteiger partial charge in [0.05, 0.1) is 6.61 Å². The van der Waals surface area contributed by atoms with E-state index in [4.69, 9.17) is 5.11 Å². The molecule has 0 fully saturated rings. The van der Waals surface area contributed by atoms with Crippen molar-refractivity contribution < 1.29 is 15.0 Å². The minimum Gasteiger partial charge on any atom is -0.477 e. The molecule has 1 aromatic carbocycles. The average molecular weight is 229 g/mol. The molecule has 2 aromatic rings. The number of aliphatic hydroxyl groups is 1. The zero-order valence-corrected chi connectivity index (χ0v) is 9.00. The molecule has 0 spiro atoms. The first-order chi connectivity index (χ1) is 8.22. The number of aliphatic hydroxyl groups excluding tert-OH is 1. The molecule has 0 aliphatic heterocycles. The van der Waals surface area contributed by atoms with E-state index >= 15 is 0 Å². The summed E-state index contributed by atoms with van der Waals surface area (Å²) < 4.78 is 0. The molecule has 17 heavy (non-hydrogen) atoms. The molecule has 0 saturated heterocycles. The number of hydrogen-bond donors (Lipinski definition) is 2. The van der Waals surface area contributed by atoms with Crippen LogP contribution in [0.2, 0.25) is 0 Å². The molecule has 1 aromatic heterocycles. The Labute approximate surface area is 98.2 Å². The monoisotopic (exact) mass is 229 g/mol. The van der Waals surface area contributed by atoms with Crippen LogP contribution in [0.4, 0.5) is 0 Å². The number of rotatable bonds is 3. The third kappa shape index (κ3) is 2.32. The molecule has 0 radical (unpaired) electrons. The van der Waals surface area contributed by atoms with Gasteiger partial charge in [-0.05, 0) is 28.8 Å². The van der Waals surface area contributed by atoms with Gasteiger partial charge < -0.3 is 10.2 Å². The first-order valence-electron chi connectivity index (χ1n) is 5.11. The van der Waals surface area contributed by atoms with Gasteiger partial charge in [-0.2, -0.15) is 0 Å². The Kier molecular flexibility index (Phi) is 3.16. The number of carboxylic acid groups (broad SMARTS) is 1. The summed E-state index contributed by atoms with van der Waals surface area (Å²) >= 11 is 0. The summed E-state index contributed by atoms with van der Waals surface area (Å²) in [6.07, 6.45) is 1.45. The topological polar surface area (TPSA) is 70.4 Å². The fourth-order valence-electron chi connectivity index (χ4n) is 1.65. The summed E-state index contributed by atoms with van der Waals surface area (Å²) in [5.74, 6) is -1.06. The molecule has 2 rings (SSSR count). The van der Waals surface area contributed by atoms with E-state index in [1.807, 2.05) is 18.2 Å². The molecule has 0 unspecified atom stereocenters. The van der Waals surface area contributed by atoms with Gasteiger partial charge in [0.15, 0.2) is 0 Å². The van der Waals surface area contributed by atoms with Crippen molar-refractivity contribution in [2.24, 2.45) is 0 Å². The van der Waals surface area contributed by atoms with Crippen molar-refractivity contribution in [1.82, 2.24) is 4.98 Å². The smallest absolute Gasteiger partial charge is 0.354 e. The fraction of sp³-hybridized carbons (Fsp3) is 0.0769. The molecule has 4 nitrogen and oxygen atoms in total. The second kappa shape index (κ2) is 4.76. The number of carboxylic acids is 1. The molecule has 0 atom stereocenters. The van der Waals surface area contributed by atoms with Gasteiger partial charge in [-0.15, -0.1) is 0 Å². The number of hydrogen-bond acceptors (Lipinski definition) is 3. The first kappa shape index (κ1) is 11.3. The number of nitrogens with zero attached hydrogens (tertiary/aromatic N) is 1. The predicted octanol–water partition coefficient (Wildman–Crippen LogP) is 1.94. The van der Waals surface area contributed by atoms with Crippen LogP contribution in [0, 0.1) is 0 Å². The Hall–Kier alpha value is -2.20. The van der Waals surface area contributed by atoms with Crippen LogP contribution in [0.3, 0.4) is 0 Å². The van der Waals surface area contributed by atoms with Crippen LogP contribution < -0.4 is 0 Å². The minimum atomic E-state index is -1.06. The van der Waals surface area contributed by atoms with Crippen LogP contribution in [0.15, 0.2) is 42.6 Å². The highest BCUT2D eigenvalue weighted by molar-refractivity contribution is 5.87. The van der Waals surface area contributed by atoms with Crippen molar-refractivity contribution in [3.8, 4) is 11.1 Å². The van der Waals surface area contributed by atoms with Crippen LogP contribution in [-0.4, -0.2) is 21.2 Å². The van der Waals surface area contributed by atoms with Crippen LogP contribution in [0.25, 0.3) is 11.1 Å². The summed E-state index contributed by atoms with van der Waals surface area (Å²) in [7, 11) is 0. The van der Waals surface area contributed by atoms with Gasteiger partial charge in [0.2, 0.25) is 0 Å². The zero-order chi connectivity index (χ0) is 12.3. The molecule has 0 amide bonds. The lowest BCUT2D eigenvalue weighted by molar-refractivity contribution is 0.0690. The number of carbonyl (C=O) groups is 1. The van der Waals surface area contributed by atoms with Crippen molar-refractivity contribution >= 4 is 5.97 Å². The Bertz CT molecular complexity index is 552. The van der Waals surface area contributed by atoms with Gasteiger partial charge >= 0.3 is 5.97 Å². The Morgan fingerprint density at radius 3 is 2.71 bits per heavy atom. The van der Waals surface area contributed by atoms with E-state index < -0.39 is 5.97 Å². The third-order valence-corrected chi connectivity index (χ3v) is 2.48. The van der Waals surface area contributed by atoms with Gasteiger partial charge in [0.1, 0.15) is 5.69 Å². The maximum atomic E-state index is 10.8. The van der Waals surface area contributed by atoms with E-state index in [2.05, 4.69) is 4.98 Å². The lowest BCUT2D eigenvalue weighted by Crippen LogP contribution is -2.00. The first-order valence-corrected chi connectivity index (χ1v) is 5.11. The average Bonchev–Trinajstić information content (AvgIpc) is 2.39. The van der Waals surface area contributed by atoms with Crippen LogP contribution in [0.1, 0.15) is 16.1 Å². The van der Waals surface area contributed by atoms with Gasteiger partial charge in [0, 0.05) is 6.20 Å². The highest BCUT2D eigenvalue weighted by atomic mass is 16.4. The number of benzene rings is 1. The molecular weight excluding hydrogens is 218 g/mol. The normalized spacial score (nSPS) is 10.2. The summed E-state index contributed by atoms with van der Waals surface area (Å²) in [6.45, 7) is -0.0824. The number of pyridine rings is 1. The second-order valence-electron chi connectivity index (χ2n) is 3.55. The van der Waals surface area contributed by atoms with Crippen molar-refractivity contribution in [2.75, 3.05) is 0 Å². The second-order valence-corrected chi connectivity index (χ2v) is 3.55. The molecule has 1 heterocycles. The molecule has 0 bridgehead atoms. The molecule has 0 saturated carbocycles. The van der Waals surface area contributed by atoms with Gasteiger partial charge in [0.25, 0.3) is 0 Å². The molecule has 0 aliphatic carbocycles. The van der Waals surface area contributed by atoms with Crippen molar-refractivity contribution in [3.05, 3.63) is 53.9 Å². The number of aromatic nitrogens is 1. The summed E-state index contributed by atoms with van der Waals surface area (Å²) in [5.41, 5.74) is 2.31. The molecule has 2 N–H and O–H groups in total. The lowest BCUT2D eigenvalue weighted by Gasteiger charge is -2.07. The maximum Gasteiger partial charge on any atom is 0.354 e. The van der Waals surface area contributed by atoms with E-state index in [1.165, 1.54) is 12.3 Å². The molecule has 86 valence electrons. The van der Waals surface area contributed by atoms with Crippen LogP contribution in [0.5, 0.6) is 0 Å². The molecular formula is C13H11NO3. The Balaban J connectivity index is 2.52. The van der Waals surface area contributed by atoms with E-state index in [9.17, 15) is 9.90 Å². The SMILES string of the molecule is O=C(O)c1cc(-c2ccccc2CO)ccn1. The van der Waals surface area contributed by atoms with Gasteiger partial charge in [-0.1, -0.05) is 24.3 Å². The van der Waals surface area contributed by atoms with E-state index in [0.29, 0.717) is 0 Å². The Morgan fingerprint density at radius 1 is 1.24 bits per heavy atom. The van der Waals surface area contributed by atoms with Crippen LogP contribution >= 0.6 is 0 Å². The predicted molar refractivity (Wildman–Crippen MR) is 62.6 cm³/mol. The zero-order valence-electron chi connectivity index (χ0n) is 9.00. The summed E-state index contributed by atoms with van der Waals surface area (Å²) in [5, 5.41) is 18.1. The quantitative estimate of drug-likeness (QED) is 0.843. The highest BCUT2D eigenvalue weighted by Crippen LogP contribution is 2.23. The lowest BCUT2D eigenvalue weighted by atomic mass is 10.0. The van der Waals surface area contributed by atoms with Gasteiger partial charge in [-0.25, -0.2) is 9.78 Å². The molecule has 0 aliphatic rings. The Morgan fingerprint density at radius 2 is 2.00 bits per heavy atom. The van der Waals surface area contributed by atoms with Crippen molar-refractivity contribution in [1.29, 1.82) is 0 Å². The van der Waals surface area contributed by atoms with E-state index in [0.717, 1.165) is 16.7 Å². The molecule has 4 heteroatoms. The number of aromatic carboxylic acids is 1. The van der Waals surface area contributed by atoms with Crippen molar-refractivity contribution in [3.63, 3.8) is 0 Å². The third-order valence-electron chi connectivity index (χ3n) is 2.48. The largest absolute Gasteiger partial charge is 0.477 e. The van der Waals surface area contributed by atoms with E-state index in [-0.39, 0.29) is 12.3 Å². The summed E-state index contributed by atoms with van der Waals surface area (Å²) in [6, 6.07) is 10.5. The standard InChI is InChI=1S/C13H11NO3/c15-8-10-3-1-2-4-11(10)9-5-6-14-12(7-9)13(16)17/h1-7,15H,8H2,(H,16,17). The maximum absolute atomic E-state index is 10.8. The summed E-state index contributed by atoms with van der Waals surface area (Å²) in [4.78, 5) is 14.6. The van der Waals surface area contributed by atoms with Gasteiger partial charge in [-0.3, -0.25) is 0 Å². The van der Waals surface area contributed by atoms with Crippen molar-refractivity contribution in [2.45, 2.75) is 6.61 Å². The van der Waals surface area contributed by atoms with E-state index in [1.54, 1.807) is 12.1 Å². The minimum absolute atomic E-state index is 0.00440.